The first-order valence-electron chi connectivity index (χ1n) is 4.11. The highest BCUT2D eigenvalue weighted by molar-refractivity contribution is 5.92. The molecule has 1 unspecified atom stereocenters. The Morgan fingerprint density at radius 3 is 2.60 bits per heavy atom. The molecule has 1 aromatic heterocycles. The minimum Gasteiger partial charge on any atom is -0.362 e. The van der Waals surface area contributed by atoms with Gasteiger partial charge >= 0.3 is 6.18 Å². The lowest BCUT2D eigenvalue weighted by Crippen LogP contribution is -2.32. The van der Waals surface area contributed by atoms with Crippen LogP contribution >= 0.6 is 0 Å². The Kier molecular flexibility index (Phi) is 3.01. The fraction of sp³-hybridized carbons (Fsp3) is 0.500. The number of anilines is 1. The molecule has 1 atom stereocenters. The maximum atomic E-state index is 12.1. The Morgan fingerprint density at radius 1 is 1.60 bits per heavy atom. The SMILES string of the molecule is Cc1conc1NC(=O)C(C)C(F)(F)F. The minimum absolute atomic E-state index is 0.0103. The molecule has 0 radical (unpaired) electrons. The third-order valence-corrected chi connectivity index (χ3v) is 1.87. The quantitative estimate of drug-likeness (QED) is 0.833. The van der Waals surface area contributed by atoms with Crippen LogP contribution < -0.4 is 5.32 Å². The van der Waals surface area contributed by atoms with Gasteiger partial charge in [-0.25, -0.2) is 0 Å². The van der Waals surface area contributed by atoms with E-state index in [9.17, 15) is 18.0 Å². The molecule has 1 amide bonds. The summed E-state index contributed by atoms with van der Waals surface area (Å²) < 4.78 is 40.8. The summed E-state index contributed by atoms with van der Waals surface area (Å²) in [5.74, 6) is -3.22. The van der Waals surface area contributed by atoms with Crippen LogP contribution in [0, 0.1) is 12.8 Å². The summed E-state index contributed by atoms with van der Waals surface area (Å²) >= 11 is 0. The summed E-state index contributed by atoms with van der Waals surface area (Å²) in [4.78, 5) is 11.1. The van der Waals surface area contributed by atoms with Crippen molar-refractivity contribution in [2.75, 3.05) is 5.32 Å². The number of halogens is 3. The van der Waals surface area contributed by atoms with E-state index in [2.05, 4.69) is 9.68 Å². The van der Waals surface area contributed by atoms with Gasteiger partial charge in [0.15, 0.2) is 5.82 Å². The summed E-state index contributed by atoms with van der Waals surface area (Å²) in [6.07, 6.45) is -3.32. The molecule has 0 aliphatic heterocycles. The number of aryl methyl sites for hydroxylation is 1. The summed E-state index contributed by atoms with van der Waals surface area (Å²) in [5, 5.41) is 5.38. The highest BCUT2D eigenvalue weighted by Gasteiger charge is 2.41. The zero-order chi connectivity index (χ0) is 11.6. The number of alkyl halides is 3. The van der Waals surface area contributed by atoms with E-state index in [4.69, 9.17) is 0 Å². The number of hydrogen-bond donors (Lipinski definition) is 1. The smallest absolute Gasteiger partial charge is 0.362 e. The maximum Gasteiger partial charge on any atom is 0.400 e. The van der Waals surface area contributed by atoms with Gasteiger partial charge in [0.2, 0.25) is 5.91 Å². The first-order chi connectivity index (χ1) is 6.82. The van der Waals surface area contributed by atoms with Gasteiger partial charge in [-0.3, -0.25) is 4.79 Å². The third kappa shape index (κ3) is 2.71. The number of hydrogen-bond acceptors (Lipinski definition) is 3. The van der Waals surface area contributed by atoms with E-state index in [1.54, 1.807) is 6.92 Å². The topological polar surface area (TPSA) is 55.1 Å². The Morgan fingerprint density at radius 2 is 2.20 bits per heavy atom. The second kappa shape index (κ2) is 3.92. The molecule has 1 rings (SSSR count). The van der Waals surface area contributed by atoms with Crippen LogP contribution in [0.3, 0.4) is 0 Å². The van der Waals surface area contributed by atoms with E-state index in [0.29, 0.717) is 5.56 Å². The van der Waals surface area contributed by atoms with Crippen molar-refractivity contribution >= 4 is 11.7 Å². The highest BCUT2D eigenvalue weighted by atomic mass is 19.4. The molecule has 0 spiro atoms. The Hall–Kier alpha value is -1.53. The Bertz CT molecular complexity index is 359. The summed E-state index contributed by atoms with van der Waals surface area (Å²) in [6.45, 7) is 2.34. The Balaban J connectivity index is 2.69. The van der Waals surface area contributed by atoms with Crippen LogP contribution in [0.1, 0.15) is 12.5 Å². The van der Waals surface area contributed by atoms with Crippen LogP contribution in [-0.2, 0) is 4.79 Å². The molecule has 0 saturated carbocycles. The molecular weight excluding hydrogens is 213 g/mol. The molecule has 1 N–H and O–H groups in total. The fourth-order valence-corrected chi connectivity index (χ4v) is 0.781. The van der Waals surface area contributed by atoms with E-state index in [1.165, 1.54) is 6.26 Å². The standard InChI is InChI=1S/C8H9F3N2O2/c1-4-3-15-13-6(4)12-7(14)5(2)8(9,10)11/h3,5H,1-2H3,(H,12,13,14). The molecule has 84 valence electrons. The van der Waals surface area contributed by atoms with Crippen molar-refractivity contribution in [3.05, 3.63) is 11.8 Å². The third-order valence-electron chi connectivity index (χ3n) is 1.87. The molecule has 0 aliphatic rings. The lowest BCUT2D eigenvalue weighted by atomic mass is 10.1. The molecule has 0 fully saturated rings. The maximum absolute atomic E-state index is 12.1. The van der Waals surface area contributed by atoms with E-state index >= 15 is 0 Å². The predicted octanol–water partition coefficient (Wildman–Crippen LogP) is 2.12. The van der Waals surface area contributed by atoms with Crippen LogP contribution in [-0.4, -0.2) is 17.2 Å². The number of carbonyl (C=O) groups is 1. The molecule has 0 saturated heterocycles. The second-order valence-corrected chi connectivity index (χ2v) is 3.10. The monoisotopic (exact) mass is 222 g/mol. The van der Waals surface area contributed by atoms with Crippen molar-refractivity contribution in [1.82, 2.24) is 5.16 Å². The van der Waals surface area contributed by atoms with Gasteiger partial charge in [-0.15, -0.1) is 0 Å². The van der Waals surface area contributed by atoms with Gasteiger partial charge < -0.3 is 9.84 Å². The van der Waals surface area contributed by atoms with Crippen molar-refractivity contribution in [2.45, 2.75) is 20.0 Å². The number of nitrogens with one attached hydrogen (secondary N) is 1. The molecule has 0 aromatic carbocycles. The van der Waals surface area contributed by atoms with Gasteiger partial charge in [0.05, 0.1) is 0 Å². The first kappa shape index (κ1) is 11.5. The fourth-order valence-electron chi connectivity index (χ4n) is 0.781. The van der Waals surface area contributed by atoms with Crippen LogP contribution in [0.25, 0.3) is 0 Å². The normalized spacial score (nSPS) is 13.7. The molecule has 1 heterocycles. The largest absolute Gasteiger partial charge is 0.400 e. The number of aromatic nitrogens is 1. The average Bonchev–Trinajstić information content (AvgIpc) is 2.49. The molecule has 0 bridgehead atoms. The molecule has 0 aliphatic carbocycles. The van der Waals surface area contributed by atoms with Gasteiger partial charge in [-0.1, -0.05) is 5.16 Å². The number of rotatable bonds is 2. The van der Waals surface area contributed by atoms with Gasteiger partial charge in [0.1, 0.15) is 12.2 Å². The van der Waals surface area contributed by atoms with Crippen LogP contribution in [0.4, 0.5) is 19.0 Å². The number of amides is 1. The van der Waals surface area contributed by atoms with Gasteiger partial charge in [-0.2, -0.15) is 13.2 Å². The van der Waals surface area contributed by atoms with Gasteiger partial charge in [0, 0.05) is 5.56 Å². The van der Waals surface area contributed by atoms with Crippen molar-refractivity contribution in [2.24, 2.45) is 5.92 Å². The van der Waals surface area contributed by atoms with Crippen molar-refractivity contribution < 1.29 is 22.5 Å². The highest BCUT2D eigenvalue weighted by Crippen LogP contribution is 2.26. The molecule has 7 heteroatoms. The van der Waals surface area contributed by atoms with E-state index in [-0.39, 0.29) is 5.82 Å². The Labute approximate surface area is 83.4 Å². The molecule has 15 heavy (non-hydrogen) atoms. The van der Waals surface area contributed by atoms with Crippen LogP contribution in [0.15, 0.2) is 10.8 Å². The first-order valence-corrected chi connectivity index (χ1v) is 4.11. The van der Waals surface area contributed by atoms with Crippen LogP contribution in [0.2, 0.25) is 0 Å². The van der Waals surface area contributed by atoms with Gasteiger partial charge in [0.25, 0.3) is 0 Å². The second-order valence-electron chi connectivity index (χ2n) is 3.10. The average molecular weight is 222 g/mol. The zero-order valence-corrected chi connectivity index (χ0v) is 8.05. The molecular formula is C8H9F3N2O2. The van der Waals surface area contributed by atoms with E-state index < -0.39 is 18.0 Å². The molecule has 1 aromatic rings. The lowest BCUT2D eigenvalue weighted by molar-refractivity contribution is -0.175. The summed E-state index contributed by atoms with van der Waals surface area (Å²) in [5.41, 5.74) is 0.470. The summed E-state index contributed by atoms with van der Waals surface area (Å²) in [7, 11) is 0. The van der Waals surface area contributed by atoms with Crippen LogP contribution in [0.5, 0.6) is 0 Å². The van der Waals surface area contributed by atoms with Crippen molar-refractivity contribution in [3.63, 3.8) is 0 Å². The van der Waals surface area contributed by atoms with Crippen molar-refractivity contribution in [1.29, 1.82) is 0 Å². The number of nitrogens with zero attached hydrogens (tertiary/aromatic N) is 1. The predicted molar refractivity (Wildman–Crippen MR) is 45.1 cm³/mol. The molecule has 4 nitrogen and oxygen atoms in total. The minimum atomic E-state index is -4.55. The van der Waals surface area contributed by atoms with E-state index in [1.807, 2.05) is 5.32 Å². The lowest BCUT2D eigenvalue weighted by Gasteiger charge is -2.14. The van der Waals surface area contributed by atoms with Crippen molar-refractivity contribution in [3.8, 4) is 0 Å². The van der Waals surface area contributed by atoms with Gasteiger partial charge in [-0.05, 0) is 13.8 Å². The van der Waals surface area contributed by atoms with E-state index in [0.717, 1.165) is 6.92 Å². The summed E-state index contributed by atoms with van der Waals surface area (Å²) in [6, 6.07) is 0. The zero-order valence-electron chi connectivity index (χ0n) is 8.05. The number of carbonyl (C=O) groups excluding carboxylic acids is 1.